The Hall–Kier alpha value is -3.19. The summed E-state index contributed by atoms with van der Waals surface area (Å²) in [6, 6.07) is 15.5. The van der Waals surface area contributed by atoms with Crippen LogP contribution in [0.5, 0.6) is 0 Å². The van der Waals surface area contributed by atoms with Crippen LogP contribution in [0, 0.1) is 0 Å². The van der Waals surface area contributed by atoms with Crippen LogP contribution in [0.2, 0.25) is 0 Å². The molecular weight excluding hydrogens is 322 g/mol. The molecule has 3 aromatic rings. The zero-order chi connectivity index (χ0) is 17.8. The summed E-state index contributed by atoms with van der Waals surface area (Å²) in [5.74, 6) is -0.382. The third-order valence-electron chi connectivity index (χ3n) is 3.82. The first-order valence-corrected chi connectivity index (χ1v) is 7.80. The minimum absolute atomic E-state index is 0.122. The largest absolute Gasteiger partial charge is 0.395 e. The van der Waals surface area contributed by atoms with Crippen molar-refractivity contribution in [3.8, 4) is 0 Å². The van der Waals surface area contributed by atoms with Gasteiger partial charge in [0.25, 0.3) is 5.56 Å². The average molecular weight is 339 g/mol. The van der Waals surface area contributed by atoms with Gasteiger partial charge in [-0.1, -0.05) is 30.3 Å². The predicted octanol–water partition coefficient (Wildman–Crippen LogP) is 0.794. The van der Waals surface area contributed by atoms with Gasteiger partial charge in [-0.15, -0.1) is 0 Å². The van der Waals surface area contributed by atoms with Gasteiger partial charge in [-0.2, -0.15) is 0 Å². The highest BCUT2D eigenvalue weighted by Crippen LogP contribution is 2.09. The van der Waals surface area contributed by atoms with E-state index in [2.05, 4.69) is 5.32 Å². The standard InChI is InChI=1S/C18H17N3O4/c22-11-10-20-17(24)14-8-4-5-9-15(14)21(18(20)25)12-16(23)19-13-6-2-1-3-7-13/h1-9,22H,10-12H2,(H,19,23). The van der Waals surface area contributed by atoms with Crippen LogP contribution < -0.4 is 16.6 Å². The zero-order valence-electron chi connectivity index (χ0n) is 13.4. The number of nitrogens with zero attached hydrogens (tertiary/aromatic N) is 2. The molecule has 0 spiro atoms. The third-order valence-corrected chi connectivity index (χ3v) is 3.82. The zero-order valence-corrected chi connectivity index (χ0v) is 13.4. The number of benzene rings is 2. The molecule has 0 saturated carbocycles. The van der Waals surface area contributed by atoms with E-state index < -0.39 is 11.2 Å². The lowest BCUT2D eigenvalue weighted by atomic mass is 10.2. The van der Waals surface area contributed by atoms with Gasteiger partial charge in [-0.05, 0) is 24.3 Å². The van der Waals surface area contributed by atoms with Gasteiger partial charge in [0.05, 0.1) is 24.1 Å². The molecule has 0 radical (unpaired) electrons. The first-order valence-electron chi connectivity index (χ1n) is 7.80. The molecule has 1 aromatic heterocycles. The van der Waals surface area contributed by atoms with Gasteiger partial charge in [0, 0.05) is 5.69 Å². The Balaban J connectivity index is 2.04. The normalized spacial score (nSPS) is 10.8. The van der Waals surface area contributed by atoms with Gasteiger partial charge in [0.1, 0.15) is 6.54 Å². The number of hydrogen-bond donors (Lipinski definition) is 2. The molecule has 0 aliphatic carbocycles. The average Bonchev–Trinajstić information content (AvgIpc) is 2.63. The molecule has 0 aliphatic rings. The van der Waals surface area contributed by atoms with Crippen molar-refractivity contribution in [2.24, 2.45) is 0 Å². The van der Waals surface area contributed by atoms with Crippen LogP contribution in [0.1, 0.15) is 0 Å². The number of nitrogens with one attached hydrogen (secondary N) is 1. The van der Waals surface area contributed by atoms with Crippen LogP contribution in [0.4, 0.5) is 5.69 Å². The number of amides is 1. The van der Waals surface area contributed by atoms with E-state index in [1.165, 1.54) is 4.57 Å². The number of rotatable bonds is 5. The Labute approximate surface area is 142 Å². The van der Waals surface area contributed by atoms with Crippen molar-refractivity contribution in [2.75, 3.05) is 11.9 Å². The number of aliphatic hydroxyl groups is 1. The molecule has 0 fully saturated rings. The van der Waals surface area contributed by atoms with Gasteiger partial charge in [-0.25, -0.2) is 4.79 Å². The van der Waals surface area contributed by atoms with Gasteiger partial charge >= 0.3 is 5.69 Å². The molecular formula is C18H17N3O4. The van der Waals surface area contributed by atoms with Crippen molar-refractivity contribution in [3.05, 3.63) is 75.4 Å². The SMILES string of the molecule is O=C(Cn1c(=O)n(CCO)c(=O)c2ccccc21)Nc1ccccc1. The van der Waals surface area contributed by atoms with Gasteiger partial charge in [0.2, 0.25) is 5.91 Å². The van der Waals surface area contributed by atoms with Crippen molar-refractivity contribution in [3.63, 3.8) is 0 Å². The summed E-state index contributed by atoms with van der Waals surface area (Å²) in [5, 5.41) is 12.2. The van der Waals surface area contributed by atoms with E-state index in [0.717, 1.165) is 4.57 Å². The van der Waals surface area contributed by atoms with Crippen molar-refractivity contribution in [1.29, 1.82) is 0 Å². The fraction of sp³-hybridized carbons (Fsp3) is 0.167. The van der Waals surface area contributed by atoms with Crippen molar-refractivity contribution in [2.45, 2.75) is 13.1 Å². The molecule has 7 nitrogen and oxygen atoms in total. The lowest BCUT2D eigenvalue weighted by molar-refractivity contribution is -0.116. The number of hydrogen-bond acceptors (Lipinski definition) is 4. The van der Waals surface area contributed by atoms with Crippen LogP contribution in [-0.4, -0.2) is 26.8 Å². The van der Waals surface area contributed by atoms with E-state index in [0.29, 0.717) is 16.6 Å². The van der Waals surface area contributed by atoms with Gasteiger partial charge in [0.15, 0.2) is 0 Å². The Morgan fingerprint density at radius 1 is 0.960 bits per heavy atom. The molecule has 128 valence electrons. The van der Waals surface area contributed by atoms with E-state index in [-0.39, 0.29) is 25.6 Å². The number of aliphatic hydroxyl groups excluding tert-OH is 1. The fourth-order valence-corrected chi connectivity index (χ4v) is 2.69. The molecule has 0 saturated heterocycles. The Bertz CT molecular complexity index is 1020. The van der Waals surface area contributed by atoms with Crippen molar-refractivity contribution in [1.82, 2.24) is 9.13 Å². The second-order valence-corrected chi connectivity index (χ2v) is 5.48. The molecule has 0 aliphatic heterocycles. The lowest BCUT2D eigenvalue weighted by Crippen LogP contribution is -2.42. The minimum atomic E-state index is -0.624. The number of carbonyl (C=O) groups is 1. The van der Waals surface area contributed by atoms with Crippen LogP contribution in [-0.2, 0) is 17.9 Å². The van der Waals surface area contributed by atoms with Crippen LogP contribution in [0.25, 0.3) is 10.9 Å². The second kappa shape index (κ2) is 7.14. The molecule has 3 rings (SSSR count). The monoisotopic (exact) mass is 339 g/mol. The molecule has 1 amide bonds. The molecule has 7 heteroatoms. The quantitative estimate of drug-likeness (QED) is 0.719. The van der Waals surface area contributed by atoms with Crippen molar-refractivity contribution < 1.29 is 9.90 Å². The van der Waals surface area contributed by atoms with E-state index in [1.807, 2.05) is 6.07 Å². The maximum absolute atomic E-state index is 12.6. The summed E-state index contributed by atoms with van der Waals surface area (Å²) >= 11 is 0. The highest BCUT2D eigenvalue weighted by Gasteiger charge is 2.15. The molecule has 2 aromatic carbocycles. The van der Waals surface area contributed by atoms with E-state index in [1.54, 1.807) is 48.5 Å². The summed E-state index contributed by atoms with van der Waals surface area (Å²) in [6.45, 7) is -0.702. The summed E-state index contributed by atoms with van der Waals surface area (Å²) < 4.78 is 2.18. The molecule has 0 unspecified atom stereocenters. The van der Waals surface area contributed by atoms with E-state index >= 15 is 0 Å². The Morgan fingerprint density at radius 3 is 2.36 bits per heavy atom. The van der Waals surface area contributed by atoms with Gasteiger partial charge < -0.3 is 10.4 Å². The molecule has 0 atom stereocenters. The minimum Gasteiger partial charge on any atom is -0.395 e. The molecule has 0 bridgehead atoms. The molecule has 2 N–H and O–H groups in total. The van der Waals surface area contributed by atoms with Crippen LogP contribution >= 0.6 is 0 Å². The number of aromatic nitrogens is 2. The Kier molecular flexibility index (Phi) is 4.76. The number of fused-ring (bicyclic) bond motifs is 1. The summed E-state index contributed by atoms with van der Waals surface area (Å²) in [7, 11) is 0. The highest BCUT2D eigenvalue weighted by atomic mass is 16.3. The van der Waals surface area contributed by atoms with Crippen LogP contribution in [0.3, 0.4) is 0 Å². The number of carbonyl (C=O) groups excluding carboxylic acids is 1. The second-order valence-electron chi connectivity index (χ2n) is 5.48. The van der Waals surface area contributed by atoms with Crippen LogP contribution in [0.15, 0.2) is 64.2 Å². The maximum Gasteiger partial charge on any atom is 0.332 e. The number of anilines is 1. The Morgan fingerprint density at radius 2 is 1.64 bits per heavy atom. The van der Waals surface area contributed by atoms with Crippen molar-refractivity contribution >= 4 is 22.5 Å². The molecule has 25 heavy (non-hydrogen) atoms. The maximum atomic E-state index is 12.6. The predicted molar refractivity (Wildman–Crippen MR) is 94.6 cm³/mol. The topological polar surface area (TPSA) is 93.3 Å². The fourth-order valence-electron chi connectivity index (χ4n) is 2.69. The lowest BCUT2D eigenvalue weighted by Gasteiger charge is -2.13. The third kappa shape index (κ3) is 3.36. The molecule has 1 heterocycles. The van der Waals surface area contributed by atoms with E-state index in [4.69, 9.17) is 5.11 Å². The summed E-state index contributed by atoms with van der Waals surface area (Å²) in [4.78, 5) is 37.3. The van der Waals surface area contributed by atoms with Gasteiger partial charge in [-0.3, -0.25) is 18.7 Å². The van der Waals surface area contributed by atoms with E-state index in [9.17, 15) is 14.4 Å². The first-order chi connectivity index (χ1) is 12.1. The smallest absolute Gasteiger partial charge is 0.332 e. The highest BCUT2D eigenvalue weighted by molar-refractivity contribution is 5.91. The number of para-hydroxylation sites is 2. The summed E-state index contributed by atoms with van der Waals surface area (Å²) in [5.41, 5.74) is -0.0984. The first kappa shape index (κ1) is 16.7. The summed E-state index contributed by atoms with van der Waals surface area (Å²) in [6.07, 6.45) is 0.